The number of carbonyl (C=O) groups excluding carboxylic acids is 1. The fourth-order valence-electron chi connectivity index (χ4n) is 2.80. The third-order valence-corrected chi connectivity index (χ3v) is 8.63. The van der Waals surface area contributed by atoms with E-state index in [0.717, 1.165) is 22.6 Å². The summed E-state index contributed by atoms with van der Waals surface area (Å²) in [5, 5.41) is 13.6. The second kappa shape index (κ2) is 9.07. The van der Waals surface area contributed by atoms with Crippen molar-refractivity contribution in [3.63, 3.8) is 0 Å². The minimum Gasteiger partial charge on any atom is -0.497 e. The third kappa shape index (κ3) is 4.49. The number of anilines is 2. The number of hydrogen-bond acceptors (Lipinski definition) is 8. The van der Waals surface area contributed by atoms with Crippen LogP contribution in [0.4, 0.5) is 10.8 Å². The highest BCUT2D eigenvalue weighted by Gasteiger charge is 2.22. The Labute approximate surface area is 193 Å². The number of sulfonamides is 1. The molecular formula is C21H18N4O4S3. The average molecular weight is 487 g/mol. The lowest BCUT2D eigenvalue weighted by Crippen LogP contribution is -2.25. The molecule has 4 aromatic rings. The number of rotatable bonds is 7. The number of hydrogen-bond donors (Lipinski definition) is 1. The Bertz CT molecular complexity index is 1320. The van der Waals surface area contributed by atoms with Crippen LogP contribution >= 0.6 is 22.7 Å². The van der Waals surface area contributed by atoms with Gasteiger partial charge in [0.1, 0.15) is 15.0 Å². The molecule has 2 aromatic heterocycles. The van der Waals surface area contributed by atoms with E-state index in [4.69, 9.17) is 4.74 Å². The highest BCUT2D eigenvalue weighted by atomic mass is 32.2. The fraction of sp³-hybridized carbons (Fsp3) is 0.0952. The standard InChI is InChI=1S/C21H18N4O4S3/c1-25(32(27,28)18-4-3-13-30-18)16-9-5-14(6-10-16)19(26)22-21-24-23-20(31-21)15-7-11-17(29-2)12-8-15/h3-13H,1-2H3,(H,22,24,26). The van der Waals surface area contributed by atoms with Crippen LogP contribution in [-0.2, 0) is 10.0 Å². The second-order valence-corrected chi connectivity index (χ2v) is 10.7. The van der Waals surface area contributed by atoms with Gasteiger partial charge in [-0.1, -0.05) is 17.4 Å². The van der Waals surface area contributed by atoms with Crippen molar-refractivity contribution in [2.24, 2.45) is 0 Å². The van der Waals surface area contributed by atoms with Gasteiger partial charge in [-0.25, -0.2) is 8.42 Å². The van der Waals surface area contributed by atoms with Crippen LogP contribution in [-0.4, -0.2) is 38.7 Å². The molecule has 0 unspecified atom stereocenters. The maximum atomic E-state index is 12.6. The molecule has 0 saturated heterocycles. The monoisotopic (exact) mass is 486 g/mol. The van der Waals surface area contributed by atoms with Gasteiger partial charge in [-0.2, -0.15) is 0 Å². The molecule has 8 nitrogen and oxygen atoms in total. The lowest BCUT2D eigenvalue weighted by molar-refractivity contribution is 0.102. The van der Waals surface area contributed by atoms with E-state index in [-0.39, 0.29) is 10.1 Å². The number of aromatic nitrogens is 2. The van der Waals surface area contributed by atoms with Crippen LogP contribution in [0.5, 0.6) is 5.75 Å². The Morgan fingerprint density at radius 1 is 1.03 bits per heavy atom. The zero-order valence-electron chi connectivity index (χ0n) is 17.1. The summed E-state index contributed by atoms with van der Waals surface area (Å²) >= 11 is 2.40. The number of thiophene rings is 1. The number of methoxy groups -OCH3 is 1. The number of nitrogens with one attached hydrogen (secondary N) is 1. The summed E-state index contributed by atoms with van der Waals surface area (Å²) in [6, 6.07) is 16.9. The molecule has 0 aliphatic rings. The molecule has 0 atom stereocenters. The topological polar surface area (TPSA) is 101 Å². The van der Waals surface area contributed by atoms with Crippen LogP contribution in [0, 0.1) is 0 Å². The van der Waals surface area contributed by atoms with Crippen molar-refractivity contribution in [3.8, 4) is 16.3 Å². The molecule has 1 amide bonds. The minimum atomic E-state index is -3.63. The first-order valence-electron chi connectivity index (χ1n) is 9.30. The quantitative estimate of drug-likeness (QED) is 0.417. The molecule has 4 rings (SSSR count). The zero-order chi connectivity index (χ0) is 22.7. The van der Waals surface area contributed by atoms with E-state index in [1.54, 1.807) is 48.9 Å². The fourth-order valence-corrected chi connectivity index (χ4v) is 5.90. The van der Waals surface area contributed by atoms with Gasteiger partial charge >= 0.3 is 0 Å². The molecule has 2 aromatic carbocycles. The summed E-state index contributed by atoms with van der Waals surface area (Å²) in [5.41, 5.74) is 1.69. The summed E-state index contributed by atoms with van der Waals surface area (Å²) in [5.74, 6) is 0.377. The molecule has 2 heterocycles. The molecule has 164 valence electrons. The van der Waals surface area contributed by atoms with E-state index in [2.05, 4.69) is 15.5 Å². The lowest BCUT2D eigenvalue weighted by Gasteiger charge is -2.18. The van der Waals surface area contributed by atoms with E-state index in [1.807, 2.05) is 24.3 Å². The SMILES string of the molecule is COc1ccc(-c2nnc(NC(=O)c3ccc(N(C)S(=O)(=O)c4cccs4)cc3)s2)cc1. The number of ether oxygens (including phenoxy) is 1. The largest absolute Gasteiger partial charge is 0.497 e. The number of nitrogens with zero attached hydrogens (tertiary/aromatic N) is 3. The van der Waals surface area contributed by atoms with Crippen molar-refractivity contribution in [2.75, 3.05) is 23.8 Å². The normalized spacial score (nSPS) is 11.2. The molecule has 0 radical (unpaired) electrons. The third-order valence-electron chi connectivity index (χ3n) is 4.59. The van der Waals surface area contributed by atoms with E-state index in [0.29, 0.717) is 21.4 Å². The first kappa shape index (κ1) is 21.9. The highest BCUT2D eigenvalue weighted by Crippen LogP contribution is 2.29. The van der Waals surface area contributed by atoms with Gasteiger partial charge in [0.2, 0.25) is 5.13 Å². The first-order chi connectivity index (χ1) is 15.4. The Hall–Kier alpha value is -3.28. The lowest BCUT2D eigenvalue weighted by atomic mass is 10.2. The zero-order valence-corrected chi connectivity index (χ0v) is 19.5. The predicted octanol–water partition coefficient (Wildman–Crippen LogP) is 4.35. The van der Waals surface area contributed by atoms with Gasteiger partial charge in [0.15, 0.2) is 0 Å². The predicted molar refractivity (Wildman–Crippen MR) is 126 cm³/mol. The van der Waals surface area contributed by atoms with E-state index < -0.39 is 10.0 Å². The first-order valence-corrected chi connectivity index (χ1v) is 12.4. The molecule has 32 heavy (non-hydrogen) atoms. The van der Waals surface area contributed by atoms with Crippen molar-refractivity contribution >= 4 is 49.4 Å². The van der Waals surface area contributed by atoms with Gasteiger partial charge in [0.25, 0.3) is 15.9 Å². The summed E-state index contributed by atoms with van der Waals surface area (Å²) < 4.78 is 31.9. The minimum absolute atomic E-state index is 0.255. The van der Waals surface area contributed by atoms with Gasteiger partial charge in [0, 0.05) is 18.2 Å². The van der Waals surface area contributed by atoms with Crippen molar-refractivity contribution < 1.29 is 17.9 Å². The number of benzene rings is 2. The smallest absolute Gasteiger partial charge is 0.273 e. The van der Waals surface area contributed by atoms with Gasteiger partial charge in [0.05, 0.1) is 12.8 Å². The maximum absolute atomic E-state index is 12.6. The maximum Gasteiger partial charge on any atom is 0.273 e. The van der Waals surface area contributed by atoms with Crippen molar-refractivity contribution in [1.29, 1.82) is 0 Å². The van der Waals surface area contributed by atoms with E-state index in [1.165, 1.54) is 22.7 Å². The number of carbonyl (C=O) groups is 1. The molecule has 0 bridgehead atoms. The van der Waals surface area contributed by atoms with Gasteiger partial charge in [-0.05, 0) is 60.0 Å². The highest BCUT2D eigenvalue weighted by molar-refractivity contribution is 7.94. The molecule has 0 fully saturated rings. The van der Waals surface area contributed by atoms with E-state index >= 15 is 0 Å². The van der Waals surface area contributed by atoms with Crippen molar-refractivity contribution in [3.05, 3.63) is 71.6 Å². The Balaban J connectivity index is 1.45. The van der Waals surface area contributed by atoms with Crippen LogP contribution in [0.2, 0.25) is 0 Å². The van der Waals surface area contributed by atoms with E-state index in [9.17, 15) is 13.2 Å². The Morgan fingerprint density at radius 2 is 1.75 bits per heavy atom. The molecular weight excluding hydrogens is 468 g/mol. The molecule has 0 aliphatic carbocycles. The molecule has 0 aliphatic heterocycles. The number of amides is 1. The van der Waals surface area contributed by atoms with Gasteiger partial charge in [-0.15, -0.1) is 21.5 Å². The Morgan fingerprint density at radius 3 is 2.38 bits per heavy atom. The summed E-state index contributed by atoms with van der Waals surface area (Å²) in [6.45, 7) is 0. The van der Waals surface area contributed by atoms with Crippen LogP contribution in [0.25, 0.3) is 10.6 Å². The summed E-state index contributed by atoms with van der Waals surface area (Å²) in [6.07, 6.45) is 0. The molecule has 11 heteroatoms. The molecule has 0 spiro atoms. The Kier molecular flexibility index (Phi) is 6.21. The van der Waals surface area contributed by atoms with Gasteiger partial charge in [-0.3, -0.25) is 14.4 Å². The van der Waals surface area contributed by atoms with Gasteiger partial charge < -0.3 is 4.74 Å². The van der Waals surface area contributed by atoms with Crippen LogP contribution in [0.3, 0.4) is 0 Å². The van der Waals surface area contributed by atoms with Crippen molar-refractivity contribution in [1.82, 2.24) is 10.2 Å². The molecule has 0 saturated carbocycles. The summed E-state index contributed by atoms with van der Waals surface area (Å²) in [7, 11) is -0.555. The average Bonchev–Trinajstić information content (AvgIpc) is 3.52. The summed E-state index contributed by atoms with van der Waals surface area (Å²) in [4.78, 5) is 12.6. The van der Waals surface area contributed by atoms with Crippen molar-refractivity contribution in [2.45, 2.75) is 4.21 Å². The van der Waals surface area contributed by atoms with Crippen LogP contribution in [0.15, 0.2) is 70.3 Å². The molecule has 1 N–H and O–H groups in total. The van der Waals surface area contributed by atoms with Crippen LogP contribution in [0.1, 0.15) is 10.4 Å². The van der Waals surface area contributed by atoms with Crippen LogP contribution < -0.4 is 14.4 Å². The second-order valence-electron chi connectivity index (χ2n) is 6.55.